The number of nitrogens with one attached hydrogen (secondary N) is 2. The van der Waals surface area contributed by atoms with Crippen LogP contribution in [0.2, 0.25) is 0 Å². The summed E-state index contributed by atoms with van der Waals surface area (Å²) in [5, 5.41) is 2.68. The molecular formula is C21H24F2N2O5S. The van der Waals surface area contributed by atoms with Crippen LogP contribution in [0.1, 0.15) is 37.8 Å². The lowest BCUT2D eigenvalue weighted by atomic mass is 10.1. The highest BCUT2D eigenvalue weighted by molar-refractivity contribution is 7.89. The van der Waals surface area contributed by atoms with Crippen LogP contribution in [0.15, 0.2) is 41.3 Å². The maximum absolute atomic E-state index is 13.3. The van der Waals surface area contributed by atoms with Crippen LogP contribution in [-0.4, -0.2) is 34.1 Å². The Balaban J connectivity index is 1.47. The fourth-order valence-corrected chi connectivity index (χ4v) is 4.12. The van der Waals surface area contributed by atoms with Crippen molar-refractivity contribution in [2.24, 2.45) is 0 Å². The Labute approximate surface area is 179 Å². The van der Waals surface area contributed by atoms with Gasteiger partial charge in [-0.15, -0.1) is 0 Å². The summed E-state index contributed by atoms with van der Waals surface area (Å²) >= 11 is 0. The second kappa shape index (κ2) is 10.1. The van der Waals surface area contributed by atoms with E-state index in [0.717, 1.165) is 12.1 Å². The first kappa shape index (κ1) is 23.0. The number of hydrogen-bond donors (Lipinski definition) is 2. The van der Waals surface area contributed by atoms with Gasteiger partial charge in [0, 0.05) is 25.5 Å². The van der Waals surface area contributed by atoms with Gasteiger partial charge >= 0.3 is 0 Å². The summed E-state index contributed by atoms with van der Waals surface area (Å²) in [6, 6.07) is 7.33. The first-order valence-electron chi connectivity index (χ1n) is 9.90. The molecular weight excluding hydrogens is 430 g/mol. The first-order chi connectivity index (χ1) is 14.8. The van der Waals surface area contributed by atoms with E-state index in [1.807, 2.05) is 0 Å². The lowest BCUT2D eigenvalue weighted by Crippen LogP contribution is -2.29. The lowest BCUT2D eigenvalue weighted by molar-refractivity contribution is -0.121. The van der Waals surface area contributed by atoms with Crippen LogP contribution >= 0.6 is 0 Å². The highest BCUT2D eigenvalue weighted by atomic mass is 32.2. The third-order valence-electron chi connectivity index (χ3n) is 4.72. The number of ether oxygens (including phenoxy) is 2. The highest BCUT2D eigenvalue weighted by Crippen LogP contribution is 2.31. The summed E-state index contributed by atoms with van der Waals surface area (Å²) in [6.45, 7) is 2.66. The monoisotopic (exact) mass is 454 g/mol. The molecule has 3 rings (SSSR count). The van der Waals surface area contributed by atoms with E-state index in [-0.39, 0.29) is 30.2 Å². The number of amides is 1. The Bertz CT molecular complexity index is 1050. The van der Waals surface area contributed by atoms with Crippen LogP contribution in [0.3, 0.4) is 0 Å². The zero-order valence-electron chi connectivity index (χ0n) is 17.0. The van der Waals surface area contributed by atoms with Gasteiger partial charge in [-0.25, -0.2) is 21.9 Å². The van der Waals surface area contributed by atoms with Crippen molar-refractivity contribution in [1.82, 2.24) is 10.0 Å². The quantitative estimate of drug-likeness (QED) is 0.598. The summed E-state index contributed by atoms with van der Waals surface area (Å²) in [6.07, 6.45) is 1.05. The minimum atomic E-state index is -3.77. The van der Waals surface area contributed by atoms with Crippen LogP contribution in [-0.2, 0) is 14.8 Å². The summed E-state index contributed by atoms with van der Waals surface area (Å²) in [7, 11) is -3.77. The Morgan fingerprint density at radius 3 is 2.55 bits per heavy atom. The fourth-order valence-electron chi connectivity index (χ4n) is 3.03. The van der Waals surface area contributed by atoms with Crippen LogP contribution < -0.4 is 19.5 Å². The van der Waals surface area contributed by atoms with E-state index in [1.165, 1.54) is 18.2 Å². The maximum Gasteiger partial charge on any atom is 0.240 e. The SMILES string of the molecule is CC(NC(=O)CCCNS(=O)(=O)c1ccc2c(c1)OCCCO2)c1ccc(F)c(F)c1. The first-order valence-corrected chi connectivity index (χ1v) is 11.4. The van der Waals surface area contributed by atoms with E-state index in [1.54, 1.807) is 13.0 Å². The average Bonchev–Trinajstić information content (AvgIpc) is 2.98. The van der Waals surface area contributed by atoms with Gasteiger partial charge in [-0.2, -0.15) is 0 Å². The van der Waals surface area contributed by atoms with Gasteiger partial charge in [-0.3, -0.25) is 4.79 Å². The van der Waals surface area contributed by atoms with Crippen molar-refractivity contribution in [2.45, 2.75) is 37.1 Å². The van der Waals surface area contributed by atoms with Crippen LogP contribution in [0.4, 0.5) is 8.78 Å². The van der Waals surface area contributed by atoms with Crippen molar-refractivity contribution < 1.29 is 31.5 Å². The maximum atomic E-state index is 13.3. The van der Waals surface area contributed by atoms with E-state index in [9.17, 15) is 22.0 Å². The van der Waals surface area contributed by atoms with E-state index in [4.69, 9.17) is 9.47 Å². The summed E-state index contributed by atoms with van der Waals surface area (Å²) < 4.78 is 64.8. The lowest BCUT2D eigenvalue weighted by Gasteiger charge is -2.15. The van der Waals surface area contributed by atoms with Crippen LogP contribution in [0.25, 0.3) is 0 Å². The normalized spacial score (nSPS) is 14.5. The minimum absolute atomic E-state index is 0.0492. The van der Waals surface area contributed by atoms with Crippen LogP contribution in [0.5, 0.6) is 11.5 Å². The predicted molar refractivity (Wildman–Crippen MR) is 109 cm³/mol. The molecule has 2 N–H and O–H groups in total. The Morgan fingerprint density at radius 1 is 1.06 bits per heavy atom. The van der Waals surface area contributed by atoms with Crippen molar-refractivity contribution in [3.05, 3.63) is 53.6 Å². The van der Waals surface area contributed by atoms with E-state index in [0.29, 0.717) is 36.7 Å². The molecule has 7 nitrogen and oxygen atoms in total. The predicted octanol–water partition coefficient (Wildman–Crippen LogP) is 3.06. The number of fused-ring (bicyclic) bond motifs is 1. The molecule has 1 unspecified atom stereocenters. The summed E-state index contributed by atoms with van der Waals surface area (Å²) in [5.41, 5.74) is 0.433. The molecule has 1 atom stereocenters. The number of carbonyl (C=O) groups is 1. The molecule has 1 aliphatic heterocycles. The molecule has 168 valence electrons. The van der Waals surface area contributed by atoms with Gasteiger partial charge in [0.2, 0.25) is 15.9 Å². The molecule has 31 heavy (non-hydrogen) atoms. The smallest absolute Gasteiger partial charge is 0.240 e. The number of hydrogen-bond acceptors (Lipinski definition) is 5. The van der Waals surface area contributed by atoms with Gasteiger partial charge in [-0.1, -0.05) is 6.07 Å². The average molecular weight is 454 g/mol. The van der Waals surface area contributed by atoms with Crippen molar-refractivity contribution >= 4 is 15.9 Å². The molecule has 10 heteroatoms. The van der Waals surface area contributed by atoms with Crippen molar-refractivity contribution in [3.63, 3.8) is 0 Å². The molecule has 0 saturated carbocycles. The second-order valence-corrected chi connectivity index (χ2v) is 8.89. The van der Waals surface area contributed by atoms with Crippen molar-refractivity contribution in [1.29, 1.82) is 0 Å². The molecule has 0 saturated heterocycles. The number of halogens is 2. The second-order valence-electron chi connectivity index (χ2n) is 7.12. The Hall–Kier alpha value is -2.72. The zero-order chi connectivity index (χ0) is 22.4. The van der Waals surface area contributed by atoms with Crippen LogP contribution in [0, 0.1) is 11.6 Å². The number of carbonyl (C=O) groups excluding carboxylic acids is 1. The molecule has 0 radical (unpaired) electrons. The molecule has 1 aliphatic rings. The highest BCUT2D eigenvalue weighted by Gasteiger charge is 2.19. The molecule has 0 aliphatic carbocycles. The van der Waals surface area contributed by atoms with Gasteiger partial charge in [0.05, 0.1) is 24.2 Å². The molecule has 0 spiro atoms. The van der Waals surface area contributed by atoms with Crippen molar-refractivity contribution in [2.75, 3.05) is 19.8 Å². The topological polar surface area (TPSA) is 93.7 Å². The molecule has 0 fully saturated rings. The number of sulfonamides is 1. The third-order valence-corrected chi connectivity index (χ3v) is 6.18. The molecule has 0 aromatic heterocycles. The van der Waals surface area contributed by atoms with Gasteiger partial charge in [-0.05, 0) is 43.2 Å². The van der Waals surface area contributed by atoms with Gasteiger partial charge in [0.1, 0.15) is 0 Å². The largest absolute Gasteiger partial charge is 0.490 e. The Morgan fingerprint density at radius 2 is 1.81 bits per heavy atom. The van der Waals surface area contributed by atoms with E-state index in [2.05, 4.69) is 10.0 Å². The molecule has 2 aromatic rings. The molecule has 2 aromatic carbocycles. The van der Waals surface area contributed by atoms with E-state index >= 15 is 0 Å². The fraction of sp³-hybridized carbons (Fsp3) is 0.381. The minimum Gasteiger partial charge on any atom is -0.490 e. The van der Waals surface area contributed by atoms with Gasteiger partial charge < -0.3 is 14.8 Å². The van der Waals surface area contributed by atoms with Crippen molar-refractivity contribution in [3.8, 4) is 11.5 Å². The standard InChI is InChI=1S/C21H24F2N2O5S/c1-14(15-5-7-17(22)18(23)12-15)25-21(26)4-2-9-24-31(27,28)16-6-8-19-20(13-16)30-11-3-10-29-19/h5-8,12-14,24H,2-4,9-11H2,1H3,(H,25,26). The summed E-state index contributed by atoms with van der Waals surface area (Å²) in [4.78, 5) is 12.1. The van der Waals surface area contributed by atoms with E-state index < -0.39 is 27.7 Å². The molecule has 1 heterocycles. The molecule has 1 amide bonds. The number of rotatable bonds is 8. The third kappa shape index (κ3) is 6.14. The zero-order valence-corrected chi connectivity index (χ0v) is 17.8. The Kier molecular flexibility index (Phi) is 7.45. The van der Waals surface area contributed by atoms with Gasteiger partial charge in [0.15, 0.2) is 23.1 Å². The number of benzene rings is 2. The summed E-state index contributed by atoms with van der Waals surface area (Å²) in [5.74, 6) is -1.38. The molecule has 0 bridgehead atoms. The van der Waals surface area contributed by atoms with Gasteiger partial charge in [0.25, 0.3) is 0 Å².